The van der Waals surface area contributed by atoms with Crippen LogP contribution in [-0.4, -0.2) is 19.0 Å². The van der Waals surface area contributed by atoms with Gasteiger partial charge >= 0.3 is 0 Å². The van der Waals surface area contributed by atoms with E-state index < -0.39 is 17.3 Å². The molecule has 1 atom stereocenters. The predicted octanol–water partition coefficient (Wildman–Crippen LogP) is 0.921. The summed E-state index contributed by atoms with van der Waals surface area (Å²) in [6, 6.07) is 3.91. The van der Waals surface area contributed by atoms with Gasteiger partial charge < -0.3 is 15.2 Å². The number of aliphatic imine (C=N–C) groups is 1. The first kappa shape index (κ1) is 11.4. The average molecular weight is 238 g/mol. The molecule has 0 spiro atoms. The molecule has 1 aromatic carbocycles. The van der Waals surface area contributed by atoms with Crippen LogP contribution in [0.3, 0.4) is 0 Å². The Morgan fingerprint density at radius 1 is 1.53 bits per heavy atom. The second kappa shape index (κ2) is 3.73. The van der Waals surface area contributed by atoms with Gasteiger partial charge in [0.1, 0.15) is 0 Å². The lowest BCUT2D eigenvalue weighted by Crippen LogP contribution is -2.32. The Morgan fingerprint density at radius 2 is 2.24 bits per heavy atom. The highest BCUT2D eigenvalue weighted by atomic mass is 19.1. The standard InChI is InChI=1S/C11H11FN2O3/c1-11(9(15)14-10(13)17-11)6-3-4-8(16-2)7(12)5-6/h3-5H,1-2H3,(H2,13,14,15). The van der Waals surface area contributed by atoms with Crippen molar-refractivity contribution in [3.63, 3.8) is 0 Å². The summed E-state index contributed by atoms with van der Waals surface area (Å²) in [6.45, 7) is 1.49. The first-order chi connectivity index (χ1) is 7.97. The average Bonchev–Trinajstić information content (AvgIpc) is 2.53. The zero-order chi connectivity index (χ0) is 12.6. The predicted molar refractivity (Wildman–Crippen MR) is 58.0 cm³/mol. The highest BCUT2D eigenvalue weighted by molar-refractivity contribution is 6.01. The van der Waals surface area contributed by atoms with Gasteiger partial charge in [-0.25, -0.2) is 4.39 Å². The molecule has 17 heavy (non-hydrogen) atoms. The molecule has 2 rings (SSSR count). The Bertz CT molecular complexity index is 515. The molecule has 0 saturated carbocycles. The molecule has 1 heterocycles. The molecule has 1 aliphatic rings. The van der Waals surface area contributed by atoms with Gasteiger partial charge in [-0.3, -0.25) is 4.79 Å². The molecule has 0 aliphatic carbocycles. The van der Waals surface area contributed by atoms with Crippen molar-refractivity contribution in [1.82, 2.24) is 0 Å². The summed E-state index contributed by atoms with van der Waals surface area (Å²) in [5.41, 5.74) is 4.29. The van der Waals surface area contributed by atoms with Crippen LogP contribution in [0.25, 0.3) is 0 Å². The van der Waals surface area contributed by atoms with Crippen LogP contribution in [0.5, 0.6) is 5.75 Å². The number of benzene rings is 1. The van der Waals surface area contributed by atoms with Gasteiger partial charge in [-0.15, -0.1) is 0 Å². The van der Waals surface area contributed by atoms with Gasteiger partial charge in [-0.05, 0) is 19.1 Å². The SMILES string of the molecule is COc1ccc(C2(C)OC(N)=NC2=O)cc1F. The zero-order valence-corrected chi connectivity index (χ0v) is 9.36. The summed E-state index contributed by atoms with van der Waals surface area (Å²) in [5.74, 6) is -1.04. The minimum Gasteiger partial charge on any atom is -0.494 e. The maximum Gasteiger partial charge on any atom is 0.298 e. The third-order valence-electron chi connectivity index (χ3n) is 2.63. The molecule has 0 fully saturated rings. The highest BCUT2D eigenvalue weighted by Crippen LogP contribution is 2.32. The topological polar surface area (TPSA) is 73.9 Å². The van der Waals surface area contributed by atoms with E-state index in [-0.39, 0.29) is 11.8 Å². The minimum absolute atomic E-state index is 0.0942. The van der Waals surface area contributed by atoms with E-state index in [0.717, 1.165) is 0 Å². The van der Waals surface area contributed by atoms with Crippen molar-refractivity contribution in [3.05, 3.63) is 29.6 Å². The summed E-state index contributed by atoms with van der Waals surface area (Å²) in [6.07, 6.45) is 0. The molecule has 90 valence electrons. The second-order valence-electron chi connectivity index (χ2n) is 3.74. The highest BCUT2D eigenvalue weighted by Gasteiger charge is 2.43. The van der Waals surface area contributed by atoms with E-state index in [9.17, 15) is 9.18 Å². The van der Waals surface area contributed by atoms with Crippen molar-refractivity contribution in [2.75, 3.05) is 7.11 Å². The van der Waals surface area contributed by atoms with Crippen molar-refractivity contribution in [1.29, 1.82) is 0 Å². The largest absolute Gasteiger partial charge is 0.494 e. The van der Waals surface area contributed by atoms with Crippen molar-refractivity contribution < 1.29 is 18.7 Å². The summed E-state index contributed by atoms with van der Waals surface area (Å²) >= 11 is 0. The number of hydrogen-bond donors (Lipinski definition) is 1. The molecule has 0 aromatic heterocycles. The molecule has 5 nitrogen and oxygen atoms in total. The molecule has 2 N–H and O–H groups in total. The zero-order valence-electron chi connectivity index (χ0n) is 9.36. The maximum atomic E-state index is 13.5. The molecule has 1 aliphatic heterocycles. The van der Waals surface area contributed by atoms with Crippen LogP contribution in [0.4, 0.5) is 4.39 Å². The molecular formula is C11H11FN2O3. The van der Waals surface area contributed by atoms with Gasteiger partial charge in [0.25, 0.3) is 11.9 Å². The Morgan fingerprint density at radius 3 is 2.71 bits per heavy atom. The van der Waals surface area contributed by atoms with E-state index in [1.165, 1.54) is 32.2 Å². The number of ether oxygens (including phenoxy) is 2. The lowest BCUT2D eigenvalue weighted by Gasteiger charge is -2.21. The number of carbonyl (C=O) groups excluding carboxylic acids is 1. The van der Waals surface area contributed by atoms with Gasteiger partial charge in [0.05, 0.1) is 7.11 Å². The van der Waals surface area contributed by atoms with E-state index >= 15 is 0 Å². The fourth-order valence-electron chi connectivity index (χ4n) is 1.63. The van der Waals surface area contributed by atoms with Crippen LogP contribution in [0, 0.1) is 5.82 Å². The van der Waals surface area contributed by atoms with Crippen molar-refractivity contribution in [2.45, 2.75) is 12.5 Å². The van der Waals surface area contributed by atoms with Crippen LogP contribution >= 0.6 is 0 Å². The van der Waals surface area contributed by atoms with E-state index in [4.69, 9.17) is 15.2 Å². The monoisotopic (exact) mass is 238 g/mol. The number of halogens is 1. The number of methoxy groups -OCH3 is 1. The van der Waals surface area contributed by atoms with Gasteiger partial charge in [-0.2, -0.15) is 4.99 Å². The summed E-state index contributed by atoms with van der Waals surface area (Å²) in [5, 5.41) is 0. The van der Waals surface area contributed by atoms with Crippen molar-refractivity contribution >= 4 is 11.9 Å². The van der Waals surface area contributed by atoms with Gasteiger partial charge in [0.15, 0.2) is 11.6 Å². The second-order valence-corrected chi connectivity index (χ2v) is 3.74. The number of amidine groups is 1. The molecule has 0 saturated heterocycles. The third kappa shape index (κ3) is 1.71. The van der Waals surface area contributed by atoms with Crippen LogP contribution in [-0.2, 0) is 15.1 Å². The molecule has 0 bridgehead atoms. The number of carbonyl (C=O) groups is 1. The fourth-order valence-corrected chi connectivity index (χ4v) is 1.63. The van der Waals surface area contributed by atoms with E-state index in [2.05, 4.69) is 4.99 Å². The molecule has 1 unspecified atom stereocenters. The van der Waals surface area contributed by atoms with Crippen LogP contribution < -0.4 is 10.5 Å². The number of rotatable bonds is 2. The van der Waals surface area contributed by atoms with Gasteiger partial charge in [-0.1, -0.05) is 6.07 Å². The normalized spacial score (nSPS) is 23.2. The van der Waals surface area contributed by atoms with E-state index in [1.807, 2.05) is 0 Å². The first-order valence-corrected chi connectivity index (χ1v) is 4.89. The number of nitrogens with two attached hydrogens (primary N) is 1. The quantitative estimate of drug-likeness (QED) is 0.831. The Labute approximate surface area is 97.0 Å². The smallest absolute Gasteiger partial charge is 0.298 e. The number of hydrogen-bond acceptors (Lipinski definition) is 4. The lowest BCUT2D eigenvalue weighted by molar-refractivity contribution is -0.130. The Kier molecular flexibility index (Phi) is 2.49. The maximum absolute atomic E-state index is 13.5. The summed E-state index contributed by atoms with van der Waals surface area (Å²) in [4.78, 5) is 15.1. The van der Waals surface area contributed by atoms with E-state index in [0.29, 0.717) is 5.56 Å². The third-order valence-corrected chi connectivity index (χ3v) is 2.63. The van der Waals surface area contributed by atoms with Gasteiger partial charge in [0, 0.05) is 5.56 Å². The molecule has 0 radical (unpaired) electrons. The van der Waals surface area contributed by atoms with Crippen LogP contribution in [0.15, 0.2) is 23.2 Å². The molecule has 1 amide bonds. The number of nitrogens with zero attached hydrogens (tertiary/aromatic N) is 1. The number of amides is 1. The first-order valence-electron chi connectivity index (χ1n) is 4.89. The summed E-state index contributed by atoms with van der Waals surface area (Å²) < 4.78 is 23.5. The lowest BCUT2D eigenvalue weighted by atomic mass is 9.95. The minimum atomic E-state index is -1.36. The molecule has 6 heteroatoms. The Hall–Kier alpha value is -2.11. The summed E-state index contributed by atoms with van der Waals surface area (Å²) in [7, 11) is 1.36. The van der Waals surface area contributed by atoms with Gasteiger partial charge in [0.2, 0.25) is 5.60 Å². The van der Waals surface area contributed by atoms with Crippen LogP contribution in [0.1, 0.15) is 12.5 Å². The Balaban J connectivity index is 2.42. The van der Waals surface area contributed by atoms with Crippen molar-refractivity contribution in [3.8, 4) is 5.75 Å². The fraction of sp³-hybridized carbons (Fsp3) is 0.273. The molecule has 1 aromatic rings. The van der Waals surface area contributed by atoms with E-state index in [1.54, 1.807) is 0 Å². The van der Waals surface area contributed by atoms with Crippen LogP contribution in [0.2, 0.25) is 0 Å². The van der Waals surface area contributed by atoms with Crippen molar-refractivity contribution in [2.24, 2.45) is 10.7 Å². The molecular weight excluding hydrogens is 227 g/mol.